The van der Waals surface area contributed by atoms with Gasteiger partial charge in [-0.1, -0.05) is 5.21 Å². The van der Waals surface area contributed by atoms with Crippen LogP contribution in [0.3, 0.4) is 0 Å². The highest BCUT2D eigenvalue weighted by Gasteiger charge is 2.42. The zero-order chi connectivity index (χ0) is 17.3. The van der Waals surface area contributed by atoms with Gasteiger partial charge < -0.3 is 10.0 Å². The van der Waals surface area contributed by atoms with Crippen molar-refractivity contribution in [2.45, 2.75) is 31.9 Å². The summed E-state index contributed by atoms with van der Waals surface area (Å²) in [6.45, 7) is 4.60. The number of hydrogen-bond donors (Lipinski definition) is 1. The van der Waals surface area contributed by atoms with Crippen LogP contribution in [0.1, 0.15) is 47.9 Å². The molecule has 0 saturated carbocycles. The molecule has 0 aliphatic carbocycles. The van der Waals surface area contributed by atoms with Crippen LogP contribution in [-0.4, -0.2) is 44.0 Å². The standard InChI is InChI=1S/C17H19N5O2/c1-12(2)22-10-15(19-20-22)17(24)7-8-21(11-17)16(23)14-5-3-13(9-18)4-6-14/h3-6,10,12,24H,7-8,11H2,1-2H3. The monoisotopic (exact) mass is 325 g/mol. The Kier molecular flexibility index (Phi) is 4.08. The van der Waals surface area contributed by atoms with Crippen LogP contribution in [0.2, 0.25) is 0 Å². The van der Waals surface area contributed by atoms with E-state index < -0.39 is 5.60 Å². The number of amides is 1. The number of nitriles is 1. The van der Waals surface area contributed by atoms with E-state index in [1.165, 1.54) is 0 Å². The fourth-order valence-electron chi connectivity index (χ4n) is 2.79. The Labute approximate surface area is 140 Å². The predicted molar refractivity (Wildman–Crippen MR) is 86.0 cm³/mol. The number of rotatable bonds is 3. The Balaban J connectivity index is 1.75. The van der Waals surface area contributed by atoms with Crippen LogP contribution >= 0.6 is 0 Å². The molecule has 7 nitrogen and oxygen atoms in total. The van der Waals surface area contributed by atoms with Crippen LogP contribution in [-0.2, 0) is 5.60 Å². The first kappa shape index (κ1) is 16.1. The lowest BCUT2D eigenvalue weighted by molar-refractivity contribution is 0.0381. The van der Waals surface area contributed by atoms with Gasteiger partial charge in [0.2, 0.25) is 0 Å². The number of nitrogens with zero attached hydrogens (tertiary/aromatic N) is 5. The highest BCUT2D eigenvalue weighted by atomic mass is 16.3. The molecule has 0 radical (unpaired) electrons. The fourth-order valence-corrected chi connectivity index (χ4v) is 2.79. The van der Waals surface area contributed by atoms with Crippen molar-refractivity contribution in [1.82, 2.24) is 19.9 Å². The molecule has 124 valence electrons. The van der Waals surface area contributed by atoms with Crippen molar-refractivity contribution in [2.75, 3.05) is 13.1 Å². The summed E-state index contributed by atoms with van der Waals surface area (Å²) >= 11 is 0. The molecule has 3 rings (SSSR count). The van der Waals surface area contributed by atoms with Crippen molar-refractivity contribution >= 4 is 5.91 Å². The first-order valence-corrected chi connectivity index (χ1v) is 7.87. The number of hydrogen-bond acceptors (Lipinski definition) is 5. The molecule has 1 saturated heterocycles. The Morgan fingerprint density at radius 1 is 1.38 bits per heavy atom. The van der Waals surface area contributed by atoms with Crippen LogP contribution in [0.4, 0.5) is 0 Å². The molecule has 1 amide bonds. The summed E-state index contributed by atoms with van der Waals surface area (Å²) in [5.74, 6) is -0.160. The first-order chi connectivity index (χ1) is 11.4. The second-order valence-electron chi connectivity index (χ2n) is 6.37. The molecule has 2 heterocycles. The smallest absolute Gasteiger partial charge is 0.253 e. The van der Waals surface area contributed by atoms with Gasteiger partial charge >= 0.3 is 0 Å². The molecule has 1 unspecified atom stereocenters. The summed E-state index contributed by atoms with van der Waals surface area (Å²) in [7, 11) is 0. The lowest BCUT2D eigenvalue weighted by Gasteiger charge is -2.21. The summed E-state index contributed by atoms with van der Waals surface area (Å²) in [4.78, 5) is 14.2. The normalized spacial score (nSPS) is 20.4. The molecule has 7 heteroatoms. The Bertz CT molecular complexity index is 790. The van der Waals surface area contributed by atoms with E-state index in [0.717, 1.165) is 0 Å². The van der Waals surface area contributed by atoms with E-state index in [-0.39, 0.29) is 18.5 Å². The predicted octanol–water partition coefficient (Wildman–Crippen LogP) is 1.46. The fraction of sp³-hybridized carbons (Fsp3) is 0.412. The molecule has 1 aliphatic heterocycles. The Morgan fingerprint density at radius 2 is 2.08 bits per heavy atom. The maximum Gasteiger partial charge on any atom is 0.253 e. The largest absolute Gasteiger partial charge is 0.381 e. The van der Waals surface area contributed by atoms with Gasteiger partial charge in [0.25, 0.3) is 5.91 Å². The number of likely N-dealkylation sites (tertiary alicyclic amines) is 1. The second kappa shape index (κ2) is 6.06. The SMILES string of the molecule is CC(C)n1cc(C2(O)CCN(C(=O)c3ccc(C#N)cc3)C2)nn1. The quantitative estimate of drug-likeness (QED) is 0.922. The minimum atomic E-state index is -1.17. The minimum absolute atomic E-state index is 0.160. The van der Waals surface area contributed by atoms with Gasteiger partial charge in [-0.15, -0.1) is 5.10 Å². The molecule has 1 N–H and O–H groups in total. The molecular weight excluding hydrogens is 306 g/mol. The van der Waals surface area contributed by atoms with Crippen LogP contribution < -0.4 is 0 Å². The number of carbonyl (C=O) groups is 1. The molecule has 1 atom stereocenters. The molecule has 1 aromatic heterocycles. The molecule has 2 aromatic rings. The first-order valence-electron chi connectivity index (χ1n) is 7.87. The van der Waals surface area contributed by atoms with E-state index in [4.69, 9.17) is 5.26 Å². The third kappa shape index (κ3) is 2.88. The van der Waals surface area contributed by atoms with E-state index in [2.05, 4.69) is 10.3 Å². The molecular formula is C17H19N5O2. The molecule has 0 spiro atoms. The summed E-state index contributed by atoms with van der Waals surface area (Å²) in [6, 6.07) is 8.68. The minimum Gasteiger partial charge on any atom is -0.381 e. The van der Waals surface area contributed by atoms with Crippen molar-refractivity contribution in [3.8, 4) is 6.07 Å². The van der Waals surface area contributed by atoms with Crippen molar-refractivity contribution in [3.05, 3.63) is 47.3 Å². The van der Waals surface area contributed by atoms with Crippen molar-refractivity contribution in [1.29, 1.82) is 5.26 Å². The maximum atomic E-state index is 12.6. The Hall–Kier alpha value is -2.72. The van der Waals surface area contributed by atoms with E-state index in [0.29, 0.717) is 29.8 Å². The number of aromatic nitrogens is 3. The van der Waals surface area contributed by atoms with Crippen molar-refractivity contribution < 1.29 is 9.90 Å². The third-order valence-corrected chi connectivity index (χ3v) is 4.31. The van der Waals surface area contributed by atoms with Gasteiger partial charge in [0.15, 0.2) is 0 Å². The van der Waals surface area contributed by atoms with Crippen molar-refractivity contribution in [2.24, 2.45) is 0 Å². The lowest BCUT2D eigenvalue weighted by Crippen LogP contribution is -2.34. The highest BCUT2D eigenvalue weighted by molar-refractivity contribution is 5.94. The zero-order valence-electron chi connectivity index (χ0n) is 13.7. The average Bonchev–Trinajstić information content (AvgIpc) is 3.22. The molecule has 0 bridgehead atoms. The Morgan fingerprint density at radius 3 is 2.67 bits per heavy atom. The van der Waals surface area contributed by atoms with Crippen LogP contribution in [0, 0.1) is 11.3 Å². The highest BCUT2D eigenvalue weighted by Crippen LogP contribution is 2.31. The van der Waals surface area contributed by atoms with Gasteiger partial charge in [-0.2, -0.15) is 5.26 Å². The van der Waals surface area contributed by atoms with E-state index >= 15 is 0 Å². The topological polar surface area (TPSA) is 95.0 Å². The summed E-state index contributed by atoms with van der Waals surface area (Å²) in [5.41, 5.74) is 0.334. The number of aliphatic hydroxyl groups is 1. The van der Waals surface area contributed by atoms with Crippen LogP contribution in [0.5, 0.6) is 0 Å². The second-order valence-corrected chi connectivity index (χ2v) is 6.37. The number of carbonyl (C=O) groups excluding carboxylic acids is 1. The molecule has 1 fully saturated rings. The lowest BCUT2D eigenvalue weighted by atomic mass is 10.00. The van der Waals surface area contributed by atoms with E-state index in [1.54, 1.807) is 40.0 Å². The van der Waals surface area contributed by atoms with Crippen LogP contribution in [0.25, 0.3) is 0 Å². The summed E-state index contributed by atoms with van der Waals surface area (Å²) < 4.78 is 1.69. The maximum absolute atomic E-state index is 12.6. The van der Waals surface area contributed by atoms with Gasteiger partial charge in [-0.3, -0.25) is 4.79 Å². The molecule has 1 aliphatic rings. The van der Waals surface area contributed by atoms with Gasteiger partial charge in [-0.05, 0) is 38.1 Å². The van der Waals surface area contributed by atoms with Crippen molar-refractivity contribution in [3.63, 3.8) is 0 Å². The summed E-state index contributed by atoms with van der Waals surface area (Å²) in [6.07, 6.45) is 2.16. The molecule has 24 heavy (non-hydrogen) atoms. The van der Waals surface area contributed by atoms with Gasteiger partial charge in [0.05, 0.1) is 24.4 Å². The number of β-amino-alcohol motifs (C(OH)–C–C–N with tert-alkyl or cyclic N) is 1. The molecule has 1 aromatic carbocycles. The third-order valence-electron chi connectivity index (χ3n) is 4.31. The zero-order valence-corrected chi connectivity index (χ0v) is 13.7. The van der Waals surface area contributed by atoms with E-state index in [1.807, 2.05) is 19.9 Å². The van der Waals surface area contributed by atoms with Gasteiger partial charge in [0.1, 0.15) is 11.3 Å². The van der Waals surface area contributed by atoms with Crippen LogP contribution in [0.15, 0.2) is 30.5 Å². The average molecular weight is 325 g/mol. The van der Waals surface area contributed by atoms with Gasteiger partial charge in [-0.25, -0.2) is 4.68 Å². The number of benzene rings is 1. The van der Waals surface area contributed by atoms with Gasteiger partial charge in [0, 0.05) is 24.6 Å². The van der Waals surface area contributed by atoms with E-state index in [9.17, 15) is 9.90 Å². The summed E-state index contributed by atoms with van der Waals surface area (Å²) in [5, 5.41) is 27.8.